The van der Waals surface area contributed by atoms with Crippen LogP contribution in [0.5, 0.6) is 0 Å². The zero-order valence-corrected chi connectivity index (χ0v) is 11.2. The fraction of sp³-hybridized carbons (Fsp3) is 0.429. The second-order valence-corrected chi connectivity index (χ2v) is 4.03. The first kappa shape index (κ1) is 14.0. The maximum atomic E-state index is 11.8. The number of aryl methyl sites for hydroxylation is 1. The minimum atomic E-state index is 0.0467. The SMILES string of the molecule is CCN(CC)C(=O)CNc1cccc(C)c1C#N. The van der Waals surface area contributed by atoms with Crippen LogP contribution in [0, 0.1) is 18.3 Å². The Morgan fingerprint density at radius 2 is 2.06 bits per heavy atom. The number of benzene rings is 1. The number of hydrogen-bond acceptors (Lipinski definition) is 3. The molecule has 4 heteroatoms. The lowest BCUT2D eigenvalue weighted by Gasteiger charge is -2.19. The summed E-state index contributed by atoms with van der Waals surface area (Å²) in [5.41, 5.74) is 2.24. The van der Waals surface area contributed by atoms with Gasteiger partial charge in [0.1, 0.15) is 6.07 Å². The average Bonchev–Trinajstić information content (AvgIpc) is 2.37. The summed E-state index contributed by atoms with van der Waals surface area (Å²) in [5.74, 6) is 0.0467. The normalized spacial score (nSPS) is 9.67. The van der Waals surface area contributed by atoms with Crippen LogP contribution in [0.3, 0.4) is 0 Å². The summed E-state index contributed by atoms with van der Waals surface area (Å²) in [4.78, 5) is 13.6. The molecule has 0 fully saturated rings. The van der Waals surface area contributed by atoms with Crippen molar-refractivity contribution >= 4 is 11.6 Å². The lowest BCUT2D eigenvalue weighted by molar-refractivity contribution is -0.128. The molecule has 0 atom stereocenters. The van der Waals surface area contributed by atoms with Crippen LogP contribution in [-0.2, 0) is 4.79 Å². The van der Waals surface area contributed by atoms with E-state index in [1.54, 1.807) is 4.90 Å². The van der Waals surface area contributed by atoms with E-state index in [1.807, 2.05) is 39.0 Å². The van der Waals surface area contributed by atoms with E-state index in [0.717, 1.165) is 11.3 Å². The Labute approximate surface area is 108 Å². The number of carbonyl (C=O) groups excluding carboxylic acids is 1. The second kappa shape index (κ2) is 6.65. The smallest absolute Gasteiger partial charge is 0.241 e. The number of amides is 1. The van der Waals surface area contributed by atoms with Crippen LogP contribution in [-0.4, -0.2) is 30.4 Å². The molecule has 0 aliphatic heterocycles. The maximum absolute atomic E-state index is 11.8. The van der Waals surface area contributed by atoms with Gasteiger partial charge < -0.3 is 10.2 Å². The van der Waals surface area contributed by atoms with Gasteiger partial charge in [-0.05, 0) is 32.4 Å². The monoisotopic (exact) mass is 245 g/mol. The molecule has 0 saturated carbocycles. The van der Waals surface area contributed by atoms with Gasteiger partial charge in [0.05, 0.1) is 17.8 Å². The van der Waals surface area contributed by atoms with Crippen LogP contribution < -0.4 is 5.32 Å². The van der Waals surface area contributed by atoms with Crippen LogP contribution >= 0.6 is 0 Å². The van der Waals surface area contributed by atoms with E-state index in [9.17, 15) is 4.79 Å². The Kier molecular flexibility index (Phi) is 5.19. The van der Waals surface area contributed by atoms with Crippen molar-refractivity contribution in [1.29, 1.82) is 5.26 Å². The highest BCUT2D eigenvalue weighted by atomic mass is 16.2. The molecule has 4 nitrogen and oxygen atoms in total. The quantitative estimate of drug-likeness (QED) is 0.864. The van der Waals surface area contributed by atoms with Crippen molar-refractivity contribution in [3.63, 3.8) is 0 Å². The van der Waals surface area contributed by atoms with Crippen LogP contribution in [0.1, 0.15) is 25.0 Å². The van der Waals surface area contributed by atoms with Gasteiger partial charge in [-0.3, -0.25) is 4.79 Å². The van der Waals surface area contributed by atoms with Gasteiger partial charge in [-0.25, -0.2) is 0 Å². The molecule has 0 spiro atoms. The van der Waals surface area contributed by atoms with Crippen LogP contribution in [0.2, 0.25) is 0 Å². The van der Waals surface area contributed by atoms with E-state index in [-0.39, 0.29) is 12.5 Å². The zero-order chi connectivity index (χ0) is 13.5. The number of nitriles is 1. The van der Waals surface area contributed by atoms with Gasteiger partial charge in [-0.1, -0.05) is 12.1 Å². The number of carbonyl (C=O) groups is 1. The Morgan fingerprint density at radius 1 is 1.39 bits per heavy atom. The molecule has 0 saturated heterocycles. The number of nitrogens with zero attached hydrogens (tertiary/aromatic N) is 2. The molecule has 0 aliphatic rings. The molecule has 0 heterocycles. The highest BCUT2D eigenvalue weighted by Gasteiger charge is 2.10. The van der Waals surface area contributed by atoms with E-state index in [0.29, 0.717) is 18.7 Å². The third-order valence-electron chi connectivity index (χ3n) is 2.93. The molecule has 1 amide bonds. The summed E-state index contributed by atoms with van der Waals surface area (Å²) >= 11 is 0. The van der Waals surface area contributed by atoms with Crippen molar-refractivity contribution in [3.05, 3.63) is 29.3 Å². The molecule has 0 aromatic heterocycles. The van der Waals surface area contributed by atoms with Gasteiger partial charge in [-0.15, -0.1) is 0 Å². The number of anilines is 1. The summed E-state index contributed by atoms with van der Waals surface area (Å²) in [6.07, 6.45) is 0. The van der Waals surface area contributed by atoms with Gasteiger partial charge in [-0.2, -0.15) is 5.26 Å². The van der Waals surface area contributed by atoms with Crippen molar-refractivity contribution in [1.82, 2.24) is 4.90 Å². The standard InChI is InChI=1S/C14H19N3O/c1-4-17(5-2)14(18)10-16-13-8-6-7-11(3)12(13)9-15/h6-8,16H,4-5,10H2,1-3H3. The average molecular weight is 245 g/mol. The van der Waals surface area contributed by atoms with Crippen molar-refractivity contribution in [2.24, 2.45) is 0 Å². The minimum absolute atomic E-state index is 0.0467. The molecule has 1 rings (SSSR count). The fourth-order valence-electron chi connectivity index (χ4n) is 1.82. The van der Waals surface area contributed by atoms with Gasteiger partial charge >= 0.3 is 0 Å². The minimum Gasteiger partial charge on any atom is -0.375 e. The summed E-state index contributed by atoms with van der Waals surface area (Å²) in [7, 11) is 0. The number of hydrogen-bond donors (Lipinski definition) is 1. The van der Waals surface area contributed by atoms with Crippen LogP contribution in [0.15, 0.2) is 18.2 Å². The first-order valence-corrected chi connectivity index (χ1v) is 6.15. The van der Waals surface area contributed by atoms with E-state index in [2.05, 4.69) is 11.4 Å². The van der Waals surface area contributed by atoms with Gasteiger partial charge in [0, 0.05) is 13.1 Å². The predicted molar refractivity (Wildman–Crippen MR) is 72.3 cm³/mol. The zero-order valence-electron chi connectivity index (χ0n) is 11.2. The van der Waals surface area contributed by atoms with Crippen molar-refractivity contribution < 1.29 is 4.79 Å². The van der Waals surface area contributed by atoms with Crippen molar-refractivity contribution in [3.8, 4) is 6.07 Å². The molecule has 96 valence electrons. The molecular formula is C14H19N3O. The maximum Gasteiger partial charge on any atom is 0.241 e. The second-order valence-electron chi connectivity index (χ2n) is 4.03. The van der Waals surface area contributed by atoms with Gasteiger partial charge in [0.25, 0.3) is 0 Å². The van der Waals surface area contributed by atoms with E-state index in [1.165, 1.54) is 0 Å². The molecule has 0 bridgehead atoms. The molecular weight excluding hydrogens is 226 g/mol. The first-order valence-electron chi connectivity index (χ1n) is 6.15. The molecule has 0 radical (unpaired) electrons. The molecule has 1 aromatic rings. The molecule has 1 N–H and O–H groups in total. The highest BCUT2D eigenvalue weighted by molar-refractivity contribution is 5.81. The third-order valence-corrected chi connectivity index (χ3v) is 2.93. The van der Waals surface area contributed by atoms with Crippen molar-refractivity contribution in [2.75, 3.05) is 25.0 Å². The third kappa shape index (κ3) is 3.24. The van der Waals surface area contributed by atoms with Gasteiger partial charge in [0.2, 0.25) is 5.91 Å². The van der Waals surface area contributed by atoms with Gasteiger partial charge in [0.15, 0.2) is 0 Å². The molecule has 18 heavy (non-hydrogen) atoms. The molecule has 1 aromatic carbocycles. The van der Waals surface area contributed by atoms with Crippen molar-refractivity contribution in [2.45, 2.75) is 20.8 Å². The molecule has 0 aliphatic carbocycles. The summed E-state index contributed by atoms with van der Waals surface area (Å²) in [5, 5.41) is 12.1. The lowest BCUT2D eigenvalue weighted by Crippen LogP contribution is -2.35. The Balaban J connectivity index is 2.73. The largest absolute Gasteiger partial charge is 0.375 e. The summed E-state index contributed by atoms with van der Waals surface area (Å²) in [6, 6.07) is 7.74. The highest BCUT2D eigenvalue weighted by Crippen LogP contribution is 2.17. The predicted octanol–water partition coefficient (Wildman–Crippen LogP) is 2.15. The van der Waals surface area contributed by atoms with Crippen LogP contribution in [0.25, 0.3) is 0 Å². The Morgan fingerprint density at radius 3 is 2.61 bits per heavy atom. The molecule has 0 unspecified atom stereocenters. The fourth-order valence-corrected chi connectivity index (χ4v) is 1.82. The van der Waals surface area contributed by atoms with E-state index >= 15 is 0 Å². The first-order chi connectivity index (χ1) is 8.63. The summed E-state index contributed by atoms with van der Waals surface area (Å²) < 4.78 is 0. The number of nitrogens with one attached hydrogen (secondary N) is 1. The van der Waals surface area contributed by atoms with Crippen LogP contribution in [0.4, 0.5) is 5.69 Å². The summed E-state index contributed by atoms with van der Waals surface area (Å²) in [6.45, 7) is 7.42. The number of rotatable bonds is 5. The van der Waals surface area contributed by atoms with E-state index < -0.39 is 0 Å². The lowest BCUT2D eigenvalue weighted by atomic mass is 10.1. The van der Waals surface area contributed by atoms with E-state index in [4.69, 9.17) is 5.26 Å². The Hall–Kier alpha value is -2.02. The number of likely N-dealkylation sites (N-methyl/N-ethyl adjacent to an activating group) is 1. The topological polar surface area (TPSA) is 56.1 Å². The Bertz CT molecular complexity index is 459.